The first-order valence-corrected chi connectivity index (χ1v) is 10.7. The number of rotatable bonds is 2. The average molecular weight is 405 g/mol. The highest BCUT2D eigenvalue weighted by atomic mass is 16.5. The zero-order valence-electron chi connectivity index (χ0n) is 17.2. The highest BCUT2D eigenvalue weighted by Crippen LogP contribution is 2.31. The van der Waals surface area contributed by atoms with Crippen LogP contribution in [0.5, 0.6) is 0 Å². The molecule has 30 heavy (non-hydrogen) atoms. The molecule has 6 nitrogen and oxygen atoms in total. The molecule has 3 aliphatic rings. The quantitative estimate of drug-likeness (QED) is 0.836. The summed E-state index contributed by atoms with van der Waals surface area (Å²) in [6, 6.07) is 17.2. The topological polar surface area (TPSA) is 61.9 Å². The minimum absolute atomic E-state index is 0.0304. The van der Waals surface area contributed by atoms with Gasteiger partial charge in [-0.2, -0.15) is 0 Å². The molecule has 3 amide bonds. The van der Waals surface area contributed by atoms with Crippen LogP contribution in [0, 0.1) is 6.92 Å². The lowest BCUT2D eigenvalue weighted by Crippen LogP contribution is -2.63. The second kappa shape index (κ2) is 7.76. The lowest BCUT2D eigenvalue weighted by Gasteiger charge is -2.46. The Labute approximate surface area is 176 Å². The van der Waals surface area contributed by atoms with Crippen LogP contribution < -0.4 is 5.32 Å². The first-order valence-electron chi connectivity index (χ1n) is 10.7. The van der Waals surface area contributed by atoms with Crippen LogP contribution in [0.2, 0.25) is 0 Å². The molecule has 0 aromatic heterocycles. The summed E-state index contributed by atoms with van der Waals surface area (Å²) in [6.07, 6.45) is 0.803. The normalized spacial score (nSPS) is 24.1. The Hall–Kier alpha value is -2.86. The molecule has 0 aliphatic carbocycles. The number of hydrogen-bond acceptors (Lipinski definition) is 3. The zero-order chi connectivity index (χ0) is 20.7. The third kappa shape index (κ3) is 3.67. The molecule has 5 rings (SSSR count). The molecule has 6 heteroatoms. The number of aryl methyl sites for hydroxylation is 1. The van der Waals surface area contributed by atoms with Gasteiger partial charge in [-0.25, -0.2) is 4.79 Å². The minimum Gasteiger partial charge on any atom is -0.366 e. The number of carbonyl (C=O) groups is 2. The molecule has 3 heterocycles. The summed E-state index contributed by atoms with van der Waals surface area (Å²) in [6.45, 7) is 4.94. The highest BCUT2D eigenvalue weighted by molar-refractivity contribution is 5.79. The van der Waals surface area contributed by atoms with Crippen LogP contribution in [-0.4, -0.2) is 66.7 Å². The van der Waals surface area contributed by atoms with Gasteiger partial charge in [-0.3, -0.25) is 4.79 Å². The van der Waals surface area contributed by atoms with Crippen molar-refractivity contribution in [3.05, 3.63) is 59.7 Å². The molecular weight excluding hydrogens is 378 g/mol. The molecule has 0 bridgehead atoms. The Morgan fingerprint density at radius 2 is 1.83 bits per heavy atom. The highest BCUT2D eigenvalue weighted by Gasteiger charge is 2.40. The molecule has 3 saturated heterocycles. The van der Waals surface area contributed by atoms with Crippen LogP contribution >= 0.6 is 0 Å². The van der Waals surface area contributed by atoms with Crippen LogP contribution in [0.25, 0.3) is 11.1 Å². The van der Waals surface area contributed by atoms with Gasteiger partial charge in [0.15, 0.2) is 0 Å². The molecule has 0 spiro atoms. The van der Waals surface area contributed by atoms with Crippen molar-refractivity contribution in [2.75, 3.05) is 32.8 Å². The van der Waals surface area contributed by atoms with E-state index in [4.69, 9.17) is 4.74 Å². The number of ether oxygens (including phenoxy) is 1. The summed E-state index contributed by atoms with van der Waals surface area (Å²) < 4.78 is 5.58. The average Bonchev–Trinajstić information content (AvgIpc) is 2.72. The maximum Gasteiger partial charge on any atom is 0.320 e. The molecule has 2 aromatic rings. The number of hydrogen-bond donors (Lipinski definition) is 1. The van der Waals surface area contributed by atoms with E-state index in [2.05, 4.69) is 60.8 Å². The molecule has 2 unspecified atom stereocenters. The zero-order valence-corrected chi connectivity index (χ0v) is 17.2. The predicted molar refractivity (Wildman–Crippen MR) is 114 cm³/mol. The van der Waals surface area contributed by atoms with Crippen LogP contribution in [-0.2, 0) is 9.53 Å². The Kier molecular flexibility index (Phi) is 4.95. The maximum atomic E-state index is 12.9. The van der Waals surface area contributed by atoms with Gasteiger partial charge in [0.2, 0.25) is 5.91 Å². The largest absolute Gasteiger partial charge is 0.366 e. The Morgan fingerprint density at radius 1 is 1.03 bits per heavy atom. The molecule has 2 atom stereocenters. The number of nitrogens with zero attached hydrogens (tertiary/aromatic N) is 2. The van der Waals surface area contributed by atoms with Crippen molar-refractivity contribution in [3.8, 4) is 11.1 Å². The number of piperidine rings is 1. The van der Waals surface area contributed by atoms with Crippen LogP contribution in [0.1, 0.15) is 23.5 Å². The van der Waals surface area contributed by atoms with Gasteiger partial charge in [-0.15, -0.1) is 0 Å². The van der Waals surface area contributed by atoms with Gasteiger partial charge >= 0.3 is 6.03 Å². The number of morpholine rings is 1. The second-order valence-corrected chi connectivity index (χ2v) is 8.63. The number of amides is 3. The van der Waals surface area contributed by atoms with Crippen molar-refractivity contribution >= 4 is 11.9 Å². The van der Waals surface area contributed by atoms with E-state index in [1.54, 1.807) is 0 Å². The first-order chi connectivity index (χ1) is 14.6. The van der Waals surface area contributed by atoms with Crippen molar-refractivity contribution in [2.24, 2.45) is 0 Å². The maximum absolute atomic E-state index is 12.9. The van der Waals surface area contributed by atoms with E-state index in [0.717, 1.165) is 19.5 Å². The van der Waals surface area contributed by atoms with Crippen molar-refractivity contribution < 1.29 is 14.3 Å². The fourth-order valence-corrected chi connectivity index (χ4v) is 4.69. The molecule has 1 N–H and O–H groups in total. The number of fused-ring (bicyclic) bond motifs is 1. The lowest BCUT2D eigenvalue weighted by molar-refractivity contribution is -0.139. The molecule has 3 aliphatic heterocycles. The van der Waals surface area contributed by atoms with Crippen molar-refractivity contribution in [1.29, 1.82) is 0 Å². The van der Waals surface area contributed by atoms with Gasteiger partial charge in [0, 0.05) is 32.1 Å². The standard InChI is InChI=1S/C24H27N3O3/c1-16-3-2-4-19(11-16)17-5-7-18(8-6-17)20-12-27(13-20)24(29)26-10-9-22-21(14-26)25-23(28)15-30-22/h2-8,11,20-22H,9-10,12-15H2,1H3,(H,25,28). The number of urea groups is 1. The number of carbonyl (C=O) groups excluding carboxylic acids is 2. The molecule has 0 saturated carbocycles. The third-order valence-electron chi connectivity index (χ3n) is 6.48. The van der Waals surface area contributed by atoms with E-state index in [1.165, 1.54) is 22.3 Å². The summed E-state index contributed by atoms with van der Waals surface area (Å²) in [5.74, 6) is 0.291. The SMILES string of the molecule is Cc1cccc(-c2ccc(C3CN(C(=O)N4CCC5OCC(=O)NC5C4)C3)cc2)c1. The predicted octanol–water partition coefficient (Wildman–Crippen LogP) is 2.77. The Bertz CT molecular complexity index is 952. The first kappa shape index (κ1) is 19.1. The summed E-state index contributed by atoms with van der Waals surface area (Å²) in [5, 5.41) is 2.96. The number of likely N-dealkylation sites (tertiary alicyclic amines) is 2. The fraction of sp³-hybridized carbons (Fsp3) is 0.417. The van der Waals surface area contributed by atoms with Crippen molar-refractivity contribution in [1.82, 2.24) is 15.1 Å². The summed E-state index contributed by atoms with van der Waals surface area (Å²) in [7, 11) is 0. The molecular formula is C24H27N3O3. The summed E-state index contributed by atoms with van der Waals surface area (Å²) in [5.41, 5.74) is 4.98. The van der Waals surface area contributed by atoms with Gasteiger partial charge in [0.05, 0.1) is 12.1 Å². The Balaban J connectivity index is 1.17. The van der Waals surface area contributed by atoms with Crippen LogP contribution in [0.4, 0.5) is 4.79 Å². The fourth-order valence-electron chi connectivity index (χ4n) is 4.69. The number of nitrogens with one attached hydrogen (secondary N) is 1. The molecule has 156 valence electrons. The number of benzene rings is 2. The second-order valence-electron chi connectivity index (χ2n) is 8.63. The monoisotopic (exact) mass is 405 g/mol. The van der Waals surface area contributed by atoms with Gasteiger partial charge in [0.25, 0.3) is 0 Å². The van der Waals surface area contributed by atoms with E-state index in [1.807, 2.05) is 9.80 Å². The molecule has 0 radical (unpaired) electrons. The van der Waals surface area contributed by atoms with E-state index >= 15 is 0 Å². The van der Waals surface area contributed by atoms with Gasteiger partial charge in [-0.1, -0.05) is 54.1 Å². The lowest BCUT2D eigenvalue weighted by atomic mass is 9.90. The van der Waals surface area contributed by atoms with Crippen LogP contribution in [0.15, 0.2) is 48.5 Å². The van der Waals surface area contributed by atoms with Crippen molar-refractivity contribution in [2.45, 2.75) is 31.4 Å². The summed E-state index contributed by atoms with van der Waals surface area (Å²) >= 11 is 0. The summed E-state index contributed by atoms with van der Waals surface area (Å²) in [4.78, 5) is 28.2. The smallest absolute Gasteiger partial charge is 0.320 e. The van der Waals surface area contributed by atoms with E-state index in [-0.39, 0.29) is 30.7 Å². The van der Waals surface area contributed by atoms with Crippen molar-refractivity contribution in [3.63, 3.8) is 0 Å². The van der Waals surface area contributed by atoms with Gasteiger partial charge < -0.3 is 19.9 Å². The van der Waals surface area contributed by atoms with Gasteiger partial charge in [0.1, 0.15) is 6.61 Å². The van der Waals surface area contributed by atoms with E-state index in [0.29, 0.717) is 19.0 Å². The third-order valence-corrected chi connectivity index (χ3v) is 6.48. The minimum atomic E-state index is -0.0938. The van der Waals surface area contributed by atoms with Crippen LogP contribution in [0.3, 0.4) is 0 Å². The Morgan fingerprint density at radius 3 is 2.60 bits per heavy atom. The van der Waals surface area contributed by atoms with Gasteiger partial charge in [-0.05, 0) is 30.0 Å². The molecule has 3 fully saturated rings. The van der Waals surface area contributed by atoms with E-state index in [9.17, 15) is 9.59 Å². The molecule has 2 aromatic carbocycles. The van der Waals surface area contributed by atoms with E-state index < -0.39 is 0 Å².